The van der Waals surface area contributed by atoms with Crippen molar-refractivity contribution in [1.29, 1.82) is 0 Å². The zero-order valence-electron chi connectivity index (χ0n) is 5.37. The van der Waals surface area contributed by atoms with E-state index >= 15 is 0 Å². The van der Waals surface area contributed by atoms with Gasteiger partial charge in [-0.25, -0.2) is 0 Å². The molecule has 1 aliphatic heterocycles. The van der Waals surface area contributed by atoms with Gasteiger partial charge in [-0.15, -0.1) is 0 Å². The Hall–Kier alpha value is -0.410. The third-order valence-corrected chi connectivity index (χ3v) is 1.35. The molecule has 1 aliphatic rings. The second-order valence-electron chi connectivity index (χ2n) is 2.17. The topological polar surface area (TPSA) is 35.5 Å². The molecule has 1 heterocycles. The molecule has 52 valence electrons. The van der Waals surface area contributed by atoms with Crippen molar-refractivity contribution in [2.75, 3.05) is 6.79 Å². The lowest BCUT2D eigenvalue weighted by molar-refractivity contribution is -0.171. The zero-order valence-corrected chi connectivity index (χ0v) is 5.37. The molecular weight excluding hydrogens is 120 g/mol. The fourth-order valence-electron chi connectivity index (χ4n) is 0.801. The summed E-state index contributed by atoms with van der Waals surface area (Å²) in [5, 5.41) is 0. The van der Waals surface area contributed by atoms with Gasteiger partial charge in [-0.05, 0) is 6.92 Å². The van der Waals surface area contributed by atoms with Crippen molar-refractivity contribution in [2.45, 2.75) is 25.6 Å². The maximum absolute atomic E-state index is 10.1. The Kier molecular flexibility index (Phi) is 2.19. The van der Waals surface area contributed by atoms with E-state index in [2.05, 4.69) is 0 Å². The summed E-state index contributed by atoms with van der Waals surface area (Å²) in [6.45, 7) is 2.18. The quantitative estimate of drug-likeness (QED) is 0.480. The summed E-state index contributed by atoms with van der Waals surface area (Å²) in [6, 6.07) is 0. The number of rotatable bonds is 1. The fraction of sp³-hybridized carbons (Fsp3) is 0.833. The van der Waals surface area contributed by atoms with Crippen molar-refractivity contribution in [2.24, 2.45) is 0 Å². The van der Waals surface area contributed by atoms with Crippen LogP contribution in [0.2, 0.25) is 0 Å². The second-order valence-corrected chi connectivity index (χ2v) is 2.17. The highest BCUT2D eigenvalue weighted by Crippen LogP contribution is 2.09. The van der Waals surface area contributed by atoms with Crippen LogP contribution in [0, 0.1) is 0 Å². The predicted octanol–water partition coefficient (Wildman–Crippen LogP) is 0.337. The van der Waals surface area contributed by atoms with Gasteiger partial charge >= 0.3 is 0 Å². The molecule has 0 radical (unpaired) electrons. The predicted molar refractivity (Wildman–Crippen MR) is 31.0 cm³/mol. The Morgan fingerprint density at radius 1 is 1.56 bits per heavy atom. The van der Waals surface area contributed by atoms with Crippen LogP contribution >= 0.6 is 0 Å². The Labute approximate surface area is 53.9 Å². The molecule has 0 bridgehead atoms. The molecule has 0 spiro atoms. The summed E-state index contributed by atoms with van der Waals surface area (Å²) in [4.78, 5) is 10.1. The van der Waals surface area contributed by atoms with E-state index in [1.807, 2.05) is 6.92 Å². The van der Waals surface area contributed by atoms with Gasteiger partial charge in [0, 0.05) is 6.42 Å². The summed E-state index contributed by atoms with van der Waals surface area (Å²) in [5.74, 6) is 0. The van der Waals surface area contributed by atoms with E-state index in [1.54, 1.807) is 0 Å². The fourth-order valence-corrected chi connectivity index (χ4v) is 0.801. The van der Waals surface area contributed by atoms with Crippen LogP contribution in [-0.2, 0) is 14.3 Å². The van der Waals surface area contributed by atoms with Crippen molar-refractivity contribution in [3.63, 3.8) is 0 Å². The van der Waals surface area contributed by atoms with Crippen molar-refractivity contribution < 1.29 is 14.3 Å². The molecule has 0 aliphatic carbocycles. The highest BCUT2D eigenvalue weighted by atomic mass is 16.7. The van der Waals surface area contributed by atoms with Gasteiger partial charge in [-0.1, -0.05) is 0 Å². The van der Waals surface area contributed by atoms with Crippen LogP contribution < -0.4 is 0 Å². The van der Waals surface area contributed by atoms with E-state index in [-0.39, 0.29) is 19.0 Å². The van der Waals surface area contributed by atoms with Crippen LogP contribution in [0.25, 0.3) is 0 Å². The Bertz CT molecular complexity index is 102. The largest absolute Gasteiger partial charge is 0.352 e. The molecule has 1 saturated heterocycles. The van der Waals surface area contributed by atoms with Crippen LogP contribution in [0.5, 0.6) is 0 Å². The van der Waals surface area contributed by atoms with Crippen LogP contribution in [0.15, 0.2) is 0 Å². The Morgan fingerprint density at radius 2 is 2.33 bits per heavy atom. The molecule has 3 nitrogen and oxygen atoms in total. The summed E-state index contributed by atoms with van der Waals surface area (Å²) in [5.41, 5.74) is 0. The van der Waals surface area contributed by atoms with E-state index in [0.29, 0.717) is 6.42 Å². The number of ether oxygens (including phenoxy) is 2. The summed E-state index contributed by atoms with van der Waals surface area (Å²) in [7, 11) is 0. The van der Waals surface area contributed by atoms with Gasteiger partial charge in [-0.2, -0.15) is 0 Å². The van der Waals surface area contributed by atoms with Gasteiger partial charge in [0.25, 0.3) is 0 Å². The average molecular weight is 130 g/mol. The van der Waals surface area contributed by atoms with Gasteiger partial charge in [0.05, 0.1) is 6.10 Å². The maximum Gasteiger partial charge on any atom is 0.148 e. The summed E-state index contributed by atoms with van der Waals surface area (Å²) in [6.07, 6.45) is 1.42. The van der Waals surface area contributed by atoms with Gasteiger partial charge in [-0.3, -0.25) is 0 Å². The molecule has 9 heavy (non-hydrogen) atoms. The zero-order chi connectivity index (χ0) is 6.69. The molecule has 3 heteroatoms. The molecule has 2 unspecified atom stereocenters. The number of hydrogen-bond acceptors (Lipinski definition) is 3. The Morgan fingerprint density at radius 3 is 2.78 bits per heavy atom. The molecule has 0 N–H and O–H groups in total. The first-order valence-corrected chi connectivity index (χ1v) is 3.01. The van der Waals surface area contributed by atoms with Crippen molar-refractivity contribution in [1.82, 2.24) is 0 Å². The highest BCUT2D eigenvalue weighted by Gasteiger charge is 2.18. The smallest absolute Gasteiger partial charge is 0.148 e. The minimum absolute atomic E-state index is 0.161. The molecule has 1 fully saturated rings. The van der Waals surface area contributed by atoms with Gasteiger partial charge < -0.3 is 14.3 Å². The normalized spacial score (nSPS) is 36.1. The summed E-state index contributed by atoms with van der Waals surface area (Å²) < 4.78 is 9.94. The first-order chi connectivity index (χ1) is 4.33. The van der Waals surface area contributed by atoms with E-state index in [9.17, 15) is 4.79 Å². The average Bonchev–Trinajstić information content (AvgIpc) is 1.88. The number of aldehydes is 1. The molecule has 2 atom stereocenters. The molecule has 0 aromatic heterocycles. The number of carbonyl (C=O) groups excluding carboxylic acids is 1. The third-order valence-electron chi connectivity index (χ3n) is 1.35. The molecule has 0 aromatic carbocycles. The first-order valence-electron chi connectivity index (χ1n) is 3.01. The molecule has 1 rings (SSSR count). The van der Waals surface area contributed by atoms with E-state index < -0.39 is 0 Å². The number of carbonyl (C=O) groups is 1. The third kappa shape index (κ3) is 1.77. The van der Waals surface area contributed by atoms with Gasteiger partial charge in [0.15, 0.2) is 0 Å². The Balaban J connectivity index is 2.31. The van der Waals surface area contributed by atoms with Crippen LogP contribution in [0.4, 0.5) is 0 Å². The SMILES string of the molecule is CC1CC(C=O)OCO1. The lowest BCUT2D eigenvalue weighted by Crippen LogP contribution is -2.30. The molecular formula is C6H10O3. The van der Waals surface area contributed by atoms with Crippen molar-refractivity contribution in [3.05, 3.63) is 0 Å². The first kappa shape index (κ1) is 6.71. The van der Waals surface area contributed by atoms with Crippen molar-refractivity contribution >= 4 is 6.29 Å². The second kappa shape index (κ2) is 2.94. The van der Waals surface area contributed by atoms with E-state index in [4.69, 9.17) is 9.47 Å². The molecule has 0 amide bonds. The van der Waals surface area contributed by atoms with Gasteiger partial charge in [0.1, 0.15) is 19.2 Å². The van der Waals surface area contributed by atoms with Gasteiger partial charge in [0.2, 0.25) is 0 Å². The van der Waals surface area contributed by atoms with Crippen LogP contribution in [0.1, 0.15) is 13.3 Å². The monoisotopic (exact) mass is 130 g/mol. The van der Waals surface area contributed by atoms with Crippen LogP contribution in [-0.4, -0.2) is 25.3 Å². The number of hydrogen-bond donors (Lipinski definition) is 0. The van der Waals surface area contributed by atoms with E-state index in [0.717, 1.165) is 6.29 Å². The molecule has 0 aromatic rings. The maximum atomic E-state index is 10.1. The van der Waals surface area contributed by atoms with Crippen molar-refractivity contribution in [3.8, 4) is 0 Å². The minimum atomic E-state index is -0.242. The van der Waals surface area contributed by atoms with E-state index in [1.165, 1.54) is 0 Å². The van der Waals surface area contributed by atoms with Crippen LogP contribution in [0.3, 0.4) is 0 Å². The standard InChI is InChI=1S/C6H10O3/c1-5-2-6(3-7)9-4-8-5/h3,5-6H,2,4H2,1H3. The summed E-state index contributed by atoms with van der Waals surface area (Å²) >= 11 is 0. The minimum Gasteiger partial charge on any atom is -0.352 e. The highest BCUT2D eigenvalue weighted by molar-refractivity contribution is 5.56. The lowest BCUT2D eigenvalue weighted by atomic mass is 10.2. The lowest BCUT2D eigenvalue weighted by Gasteiger charge is -2.23. The molecule has 0 saturated carbocycles.